The molecule has 1 fully saturated rings. The van der Waals surface area contributed by atoms with Gasteiger partial charge >= 0.3 is 0 Å². The second kappa shape index (κ2) is 8.63. The SMILES string of the molecule is CCn1c(SCCCC(=O)Nc2c(Cl)ccc(C)c2Cl)nnc1C1CC1. The Morgan fingerprint density at radius 3 is 2.81 bits per heavy atom. The van der Waals surface area contributed by atoms with E-state index in [1.807, 2.05) is 13.0 Å². The van der Waals surface area contributed by atoms with Crippen molar-refractivity contribution in [2.45, 2.75) is 57.1 Å². The van der Waals surface area contributed by atoms with Gasteiger partial charge in [-0.25, -0.2) is 0 Å². The van der Waals surface area contributed by atoms with E-state index in [1.54, 1.807) is 17.8 Å². The number of aromatic nitrogens is 3. The number of nitrogens with zero attached hydrogens (tertiary/aromatic N) is 3. The maximum atomic E-state index is 12.2. The van der Waals surface area contributed by atoms with Gasteiger partial charge in [0.15, 0.2) is 5.16 Å². The van der Waals surface area contributed by atoms with E-state index in [1.165, 1.54) is 12.8 Å². The van der Waals surface area contributed by atoms with Crippen LogP contribution in [-0.2, 0) is 11.3 Å². The second-order valence-corrected chi connectivity index (χ2v) is 8.26. The number of anilines is 1. The lowest BCUT2D eigenvalue weighted by Gasteiger charge is -2.11. The fraction of sp³-hybridized carbons (Fsp3) is 0.500. The molecule has 0 atom stereocenters. The first-order chi connectivity index (χ1) is 12.5. The van der Waals surface area contributed by atoms with E-state index in [0.717, 1.165) is 35.3 Å². The van der Waals surface area contributed by atoms with Crippen molar-refractivity contribution in [2.75, 3.05) is 11.1 Å². The molecule has 0 radical (unpaired) electrons. The van der Waals surface area contributed by atoms with Crippen LogP contribution in [0.2, 0.25) is 10.0 Å². The molecule has 2 aromatic rings. The van der Waals surface area contributed by atoms with Crippen LogP contribution >= 0.6 is 35.0 Å². The van der Waals surface area contributed by atoms with Crippen LogP contribution in [0.3, 0.4) is 0 Å². The molecule has 1 N–H and O–H groups in total. The first-order valence-electron chi connectivity index (χ1n) is 8.81. The van der Waals surface area contributed by atoms with Gasteiger partial charge in [0.1, 0.15) is 5.82 Å². The number of nitrogens with one attached hydrogen (secondary N) is 1. The average molecular weight is 413 g/mol. The third kappa shape index (κ3) is 4.53. The summed E-state index contributed by atoms with van der Waals surface area (Å²) in [7, 11) is 0. The van der Waals surface area contributed by atoms with Crippen molar-refractivity contribution in [3.8, 4) is 0 Å². The molecule has 3 rings (SSSR count). The summed E-state index contributed by atoms with van der Waals surface area (Å²) in [6, 6.07) is 3.57. The Morgan fingerprint density at radius 2 is 2.12 bits per heavy atom. The minimum atomic E-state index is -0.0874. The zero-order chi connectivity index (χ0) is 18.7. The first kappa shape index (κ1) is 19.5. The first-order valence-corrected chi connectivity index (χ1v) is 10.6. The molecule has 1 heterocycles. The standard InChI is InChI=1S/C18H22Cl2N4OS/c1-3-24-17(12-7-8-12)22-23-18(24)26-10-4-5-14(25)21-16-13(19)9-6-11(2)15(16)20/h6,9,12H,3-5,7-8,10H2,1-2H3,(H,21,25). The lowest BCUT2D eigenvalue weighted by Crippen LogP contribution is -2.12. The molecule has 1 saturated carbocycles. The van der Waals surface area contributed by atoms with Crippen LogP contribution in [-0.4, -0.2) is 26.4 Å². The van der Waals surface area contributed by atoms with Gasteiger partial charge in [0.2, 0.25) is 5.91 Å². The Morgan fingerprint density at radius 1 is 1.35 bits per heavy atom. The monoisotopic (exact) mass is 412 g/mol. The van der Waals surface area contributed by atoms with Crippen LogP contribution in [0, 0.1) is 6.92 Å². The summed E-state index contributed by atoms with van der Waals surface area (Å²) in [5.41, 5.74) is 1.37. The van der Waals surface area contributed by atoms with E-state index in [4.69, 9.17) is 23.2 Å². The molecule has 1 aliphatic rings. The molecule has 1 aromatic carbocycles. The number of aryl methyl sites for hydroxylation is 1. The molecule has 1 amide bonds. The van der Waals surface area contributed by atoms with E-state index in [-0.39, 0.29) is 5.91 Å². The summed E-state index contributed by atoms with van der Waals surface area (Å²) >= 11 is 14.0. The molecule has 8 heteroatoms. The van der Waals surface area contributed by atoms with E-state index >= 15 is 0 Å². The summed E-state index contributed by atoms with van der Waals surface area (Å²) < 4.78 is 2.19. The molecule has 0 bridgehead atoms. The largest absolute Gasteiger partial charge is 0.324 e. The molecule has 26 heavy (non-hydrogen) atoms. The minimum absolute atomic E-state index is 0.0874. The van der Waals surface area contributed by atoms with E-state index in [2.05, 4.69) is 27.0 Å². The third-order valence-electron chi connectivity index (χ3n) is 4.33. The lowest BCUT2D eigenvalue weighted by molar-refractivity contribution is -0.116. The topological polar surface area (TPSA) is 59.8 Å². The Labute approximate surface area is 167 Å². The smallest absolute Gasteiger partial charge is 0.224 e. The van der Waals surface area contributed by atoms with Crippen molar-refractivity contribution in [3.05, 3.63) is 33.6 Å². The Balaban J connectivity index is 1.48. The van der Waals surface area contributed by atoms with Crippen molar-refractivity contribution in [1.29, 1.82) is 0 Å². The van der Waals surface area contributed by atoms with Crippen molar-refractivity contribution in [3.63, 3.8) is 0 Å². The Hall–Kier alpha value is -1.24. The molecule has 1 aliphatic carbocycles. The van der Waals surface area contributed by atoms with Gasteiger partial charge in [-0.1, -0.05) is 41.0 Å². The molecule has 0 saturated heterocycles. The fourth-order valence-corrected chi connectivity index (χ4v) is 4.13. The summed E-state index contributed by atoms with van der Waals surface area (Å²) in [5, 5.41) is 13.3. The molecule has 1 aromatic heterocycles. The quantitative estimate of drug-likeness (QED) is 0.471. The predicted molar refractivity (Wildman–Crippen MR) is 107 cm³/mol. The van der Waals surface area contributed by atoms with Gasteiger partial charge in [-0.3, -0.25) is 4.79 Å². The summed E-state index contributed by atoms with van der Waals surface area (Å²) in [6.07, 6.45) is 3.58. The summed E-state index contributed by atoms with van der Waals surface area (Å²) in [6.45, 7) is 4.87. The van der Waals surface area contributed by atoms with Gasteiger partial charge in [-0.05, 0) is 44.7 Å². The number of hydrogen-bond donors (Lipinski definition) is 1. The number of hydrogen-bond acceptors (Lipinski definition) is 4. The highest BCUT2D eigenvalue weighted by atomic mass is 35.5. The van der Waals surface area contributed by atoms with Gasteiger partial charge in [0.05, 0.1) is 15.7 Å². The van der Waals surface area contributed by atoms with Crippen LogP contribution in [0.4, 0.5) is 5.69 Å². The number of rotatable bonds is 8. The van der Waals surface area contributed by atoms with E-state index in [0.29, 0.717) is 28.1 Å². The molecule has 0 aliphatic heterocycles. The molecular weight excluding hydrogens is 391 g/mol. The zero-order valence-electron chi connectivity index (χ0n) is 14.9. The van der Waals surface area contributed by atoms with Gasteiger partial charge < -0.3 is 9.88 Å². The predicted octanol–water partition coefficient (Wildman–Crippen LogP) is 5.30. The highest BCUT2D eigenvalue weighted by molar-refractivity contribution is 7.99. The molecule has 0 spiro atoms. The maximum absolute atomic E-state index is 12.2. The number of benzene rings is 1. The van der Waals surface area contributed by atoms with Gasteiger partial charge in [-0.15, -0.1) is 10.2 Å². The number of carbonyl (C=O) groups is 1. The molecular formula is C18H22Cl2N4OS. The number of thioether (sulfide) groups is 1. The Bertz CT molecular complexity index is 805. The van der Waals surface area contributed by atoms with E-state index < -0.39 is 0 Å². The average Bonchev–Trinajstić information content (AvgIpc) is 3.39. The normalized spacial score (nSPS) is 13.8. The molecule has 140 valence electrons. The number of carbonyl (C=O) groups excluding carboxylic acids is 1. The van der Waals surface area contributed by atoms with Crippen molar-refractivity contribution in [1.82, 2.24) is 14.8 Å². The Kier molecular flexibility index (Phi) is 6.48. The van der Waals surface area contributed by atoms with Gasteiger partial charge in [0.25, 0.3) is 0 Å². The maximum Gasteiger partial charge on any atom is 0.224 e. The highest BCUT2D eigenvalue weighted by Crippen LogP contribution is 2.40. The van der Waals surface area contributed by atoms with Crippen LogP contribution in [0.25, 0.3) is 0 Å². The van der Waals surface area contributed by atoms with Crippen molar-refractivity contribution in [2.24, 2.45) is 0 Å². The van der Waals surface area contributed by atoms with Crippen LogP contribution in [0.5, 0.6) is 0 Å². The fourth-order valence-electron chi connectivity index (χ4n) is 2.72. The summed E-state index contributed by atoms with van der Waals surface area (Å²) in [4.78, 5) is 12.2. The third-order valence-corrected chi connectivity index (χ3v) is 6.19. The lowest BCUT2D eigenvalue weighted by atomic mass is 10.2. The zero-order valence-corrected chi connectivity index (χ0v) is 17.2. The molecule has 5 nitrogen and oxygen atoms in total. The van der Waals surface area contributed by atoms with Crippen molar-refractivity contribution < 1.29 is 4.79 Å². The highest BCUT2D eigenvalue weighted by Gasteiger charge is 2.29. The summed E-state index contributed by atoms with van der Waals surface area (Å²) in [5.74, 6) is 2.42. The molecule has 0 unspecified atom stereocenters. The van der Waals surface area contributed by atoms with Crippen LogP contribution < -0.4 is 5.32 Å². The van der Waals surface area contributed by atoms with Crippen LogP contribution in [0.15, 0.2) is 17.3 Å². The number of amides is 1. The van der Waals surface area contributed by atoms with Gasteiger partial charge in [0, 0.05) is 24.6 Å². The minimum Gasteiger partial charge on any atom is -0.324 e. The van der Waals surface area contributed by atoms with E-state index in [9.17, 15) is 4.79 Å². The second-order valence-electron chi connectivity index (χ2n) is 6.41. The van der Waals surface area contributed by atoms with Gasteiger partial charge in [-0.2, -0.15) is 0 Å². The van der Waals surface area contributed by atoms with Crippen LogP contribution in [0.1, 0.15) is 49.9 Å². The number of halogens is 2. The van der Waals surface area contributed by atoms with Crippen molar-refractivity contribution >= 4 is 46.6 Å².